The van der Waals surface area contributed by atoms with Crippen LogP contribution < -0.4 is 0 Å². The van der Waals surface area contributed by atoms with Crippen LogP contribution in [0.2, 0.25) is 0 Å². The Labute approximate surface area is 100 Å². The molecule has 0 spiro atoms. The maximum atomic E-state index is 12.8. The molecule has 2 rings (SSSR count). The lowest BCUT2D eigenvalue weighted by molar-refractivity contribution is -0.131. The molecule has 17 heavy (non-hydrogen) atoms. The average Bonchev–Trinajstić information content (AvgIpc) is 2.75. The number of halogens is 1. The minimum atomic E-state index is -1.04. The summed E-state index contributed by atoms with van der Waals surface area (Å²) in [6.45, 7) is 0. The normalized spacial score (nSPS) is 10.9. The molecule has 0 radical (unpaired) electrons. The molecule has 1 aromatic heterocycles. The van der Waals surface area contributed by atoms with Gasteiger partial charge in [-0.1, -0.05) is 4.49 Å². The second-order valence-electron chi connectivity index (χ2n) is 3.16. The van der Waals surface area contributed by atoms with Crippen LogP contribution in [0.3, 0.4) is 0 Å². The summed E-state index contributed by atoms with van der Waals surface area (Å²) in [7, 11) is 0. The van der Waals surface area contributed by atoms with E-state index in [0.29, 0.717) is 16.1 Å². The van der Waals surface area contributed by atoms with Crippen LogP contribution in [0, 0.1) is 5.82 Å². The van der Waals surface area contributed by atoms with Gasteiger partial charge < -0.3 is 5.11 Å². The number of hydrogen-bond donors (Lipinski definition) is 1. The van der Waals surface area contributed by atoms with Gasteiger partial charge in [-0.05, 0) is 41.9 Å². The first-order valence-corrected chi connectivity index (χ1v) is 5.43. The first kappa shape index (κ1) is 11.4. The number of benzene rings is 1. The fourth-order valence-corrected chi connectivity index (χ4v) is 1.85. The maximum Gasteiger partial charge on any atom is 0.328 e. The van der Waals surface area contributed by atoms with Crippen LogP contribution >= 0.6 is 11.5 Å². The van der Waals surface area contributed by atoms with Crippen molar-refractivity contribution >= 4 is 23.6 Å². The van der Waals surface area contributed by atoms with Gasteiger partial charge in [0.15, 0.2) is 0 Å². The molecule has 0 atom stereocenters. The van der Waals surface area contributed by atoms with Crippen LogP contribution in [0.1, 0.15) is 4.88 Å². The largest absolute Gasteiger partial charge is 0.478 e. The van der Waals surface area contributed by atoms with Crippen LogP contribution in [0.4, 0.5) is 4.39 Å². The van der Waals surface area contributed by atoms with Gasteiger partial charge in [-0.15, -0.1) is 5.10 Å². The van der Waals surface area contributed by atoms with E-state index in [0.717, 1.165) is 17.6 Å². The molecule has 0 aliphatic heterocycles. The monoisotopic (exact) mass is 250 g/mol. The fraction of sp³-hybridized carbons (Fsp3) is 0. The third kappa shape index (κ3) is 2.73. The van der Waals surface area contributed by atoms with Crippen molar-refractivity contribution in [2.45, 2.75) is 0 Å². The first-order valence-electron chi connectivity index (χ1n) is 4.66. The zero-order valence-corrected chi connectivity index (χ0v) is 9.32. The number of carboxylic acids is 1. The zero-order chi connectivity index (χ0) is 12.3. The number of aliphatic carboxylic acids is 1. The second-order valence-corrected chi connectivity index (χ2v) is 3.95. The summed E-state index contributed by atoms with van der Waals surface area (Å²) in [5.74, 6) is -1.37. The lowest BCUT2D eigenvalue weighted by Gasteiger charge is -1.96. The molecule has 4 nitrogen and oxygen atoms in total. The average molecular weight is 250 g/mol. The summed E-state index contributed by atoms with van der Waals surface area (Å²) in [5.41, 5.74) is 1.25. The molecule has 0 saturated heterocycles. The number of carboxylic acid groups (broad SMARTS) is 1. The van der Waals surface area contributed by atoms with Crippen molar-refractivity contribution in [3.8, 4) is 11.3 Å². The SMILES string of the molecule is O=C(O)/C=C/c1snnc1-c1ccc(F)cc1. The van der Waals surface area contributed by atoms with E-state index >= 15 is 0 Å². The summed E-state index contributed by atoms with van der Waals surface area (Å²) in [5, 5.41) is 12.4. The Morgan fingerprint density at radius 1 is 1.35 bits per heavy atom. The first-order chi connectivity index (χ1) is 8.16. The summed E-state index contributed by atoms with van der Waals surface area (Å²) in [4.78, 5) is 11.0. The highest BCUT2D eigenvalue weighted by Crippen LogP contribution is 2.25. The summed E-state index contributed by atoms with van der Waals surface area (Å²) < 4.78 is 16.5. The molecule has 6 heteroatoms. The van der Waals surface area contributed by atoms with Gasteiger partial charge in [0.25, 0.3) is 0 Å². The van der Waals surface area contributed by atoms with Crippen LogP contribution in [-0.2, 0) is 4.79 Å². The van der Waals surface area contributed by atoms with Gasteiger partial charge in [0, 0.05) is 11.6 Å². The standard InChI is InChI=1S/C11H7FN2O2S/c12-8-3-1-7(2-4-8)11-9(17-14-13-11)5-6-10(15)16/h1-6H,(H,15,16)/b6-5+. The molecular weight excluding hydrogens is 243 g/mol. The highest BCUT2D eigenvalue weighted by Gasteiger charge is 2.08. The van der Waals surface area contributed by atoms with Crippen LogP contribution in [0.25, 0.3) is 17.3 Å². The van der Waals surface area contributed by atoms with E-state index in [-0.39, 0.29) is 5.82 Å². The van der Waals surface area contributed by atoms with Gasteiger partial charge in [-0.25, -0.2) is 9.18 Å². The molecule has 1 heterocycles. The molecule has 0 unspecified atom stereocenters. The minimum absolute atomic E-state index is 0.334. The van der Waals surface area contributed by atoms with Crippen molar-refractivity contribution in [1.29, 1.82) is 0 Å². The smallest absolute Gasteiger partial charge is 0.328 e. The summed E-state index contributed by atoms with van der Waals surface area (Å²) >= 11 is 1.09. The Morgan fingerprint density at radius 3 is 2.71 bits per heavy atom. The van der Waals surface area contributed by atoms with Gasteiger partial charge in [-0.2, -0.15) is 0 Å². The molecule has 0 bridgehead atoms. The van der Waals surface area contributed by atoms with Gasteiger partial charge in [-0.3, -0.25) is 0 Å². The van der Waals surface area contributed by atoms with Crippen LogP contribution in [0.15, 0.2) is 30.3 Å². The second kappa shape index (κ2) is 4.84. The van der Waals surface area contributed by atoms with E-state index in [4.69, 9.17) is 5.11 Å². The Hall–Kier alpha value is -2.08. The maximum absolute atomic E-state index is 12.8. The van der Waals surface area contributed by atoms with E-state index < -0.39 is 5.97 Å². The molecule has 2 aromatic rings. The van der Waals surface area contributed by atoms with Gasteiger partial charge in [0.1, 0.15) is 11.5 Å². The van der Waals surface area contributed by atoms with Crippen molar-refractivity contribution in [2.75, 3.05) is 0 Å². The van der Waals surface area contributed by atoms with Gasteiger partial charge in [0.2, 0.25) is 0 Å². The zero-order valence-electron chi connectivity index (χ0n) is 8.50. The third-order valence-corrected chi connectivity index (χ3v) is 2.70. The summed E-state index contributed by atoms with van der Waals surface area (Å²) in [6, 6.07) is 5.78. The van der Waals surface area contributed by atoms with Gasteiger partial charge in [0.05, 0.1) is 4.88 Å². The van der Waals surface area contributed by atoms with Crippen molar-refractivity contribution in [3.63, 3.8) is 0 Å². The summed E-state index contributed by atoms with van der Waals surface area (Å²) in [6.07, 6.45) is 2.44. The Morgan fingerprint density at radius 2 is 2.06 bits per heavy atom. The third-order valence-electron chi connectivity index (χ3n) is 2.01. The number of carbonyl (C=O) groups is 1. The molecular formula is C11H7FN2O2S. The number of nitrogens with zero attached hydrogens (tertiary/aromatic N) is 2. The number of rotatable bonds is 3. The molecule has 0 saturated carbocycles. The predicted octanol–water partition coefficient (Wildman–Crippen LogP) is 2.44. The van der Waals surface area contributed by atoms with E-state index in [9.17, 15) is 9.18 Å². The molecule has 1 aromatic carbocycles. The van der Waals surface area contributed by atoms with Crippen molar-refractivity contribution < 1.29 is 14.3 Å². The molecule has 0 aliphatic carbocycles. The fourth-order valence-electron chi connectivity index (χ4n) is 1.26. The quantitative estimate of drug-likeness (QED) is 0.850. The van der Waals surface area contributed by atoms with Gasteiger partial charge >= 0.3 is 5.97 Å². The lowest BCUT2D eigenvalue weighted by atomic mass is 10.1. The number of hydrogen-bond acceptors (Lipinski definition) is 4. The molecule has 86 valence electrons. The van der Waals surface area contributed by atoms with E-state index in [1.54, 1.807) is 12.1 Å². The molecule has 0 fully saturated rings. The Kier molecular flexibility index (Phi) is 3.24. The van der Waals surface area contributed by atoms with E-state index in [1.807, 2.05) is 0 Å². The van der Waals surface area contributed by atoms with Crippen molar-refractivity contribution in [1.82, 2.24) is 9.59 Å². The lowest BCUT2D eigenvalue weighted by Crippen LogP contribution is -1.86. The Balaban J connectivity index is 2.36. The number of aromatic nitrogens is 2. The van der Waals surface area contributed by atoms with Crippen molar-refractivity contribution in [2.24, 2.45) is 0 Å². The minimum Gasteiger partial charge on any atom is -0.478 e. The van der Waals surface area contributed by atoms with Crippen LogP contribution in [-0.4, -0.2) is 20.7 Å². The predicted molar refractivity (Wildman–Crippen MR) is 62.0 cm³/mol. The highest BCUT2D eigenvalue weighted by atomic mass is 32.1. The Bertz CT molecular complexity index is 563. The topological polar surface area (TPSA) is 63.1 Å². The van der Waals surface area contributed by atoms with Crippen LogP contribution in [0.5, 0.6) is 0 Å². The molecule has 1 N–H and O–H groups in total. The molecule has 0 amide bonds. The molecule has 0 aliphatic rings. The van der Waals surface area contributed by atoms with Crippen molar-refractivity contribution in [3.05, 3.63) is 41.0 Å². The van der Waals surface area contributed by atoms with E-state index in [1.165, 1.54) is 18.2 Å². The van der Waals surface area contributed by atoms with E-state index in [2.05, 4.69) is 9.59 Å². The highest BCUT2D eigenvalue weighted by molar-refractivity contribution is 7.07.